The first-order chi connectivity index (χ1) is 38.2. The van der Waals surface area contributed by atoms with Crippen LogP contribution >= 0.6 is 0 Å². The van der Waals surface area contributed by atoms with Crippen molar-refractivity contribution in [2.45, 2.75) is 52.7 Å². The number of nitrogens with two attached hydrogens (primary N) is 2. The Kier molecular flexibility index (Phi) is 62.4. The second-order valence-corrected chi connectivity index (χ2v) is 17.4. The van der Waals surface area contributed by atoms with Crippen molar-refractivity contribution < 1.29 is 85.6 Å². The monoisotopic (exact) mass is 1150 g/mol. The number of hydroxylamine groups is 2. The first-order valence-electron chi connectivity index (χ1n) is 26.1. The van der Waals surface area contributed by atoms with Crippen LogP contribution < -0.4 is 22.4 Å². The number of aldehydes is 1. The molecule has 0 aliphatic rings. The molecular formula is C46H95N15O18. The third kappa shape index (κ3) is 73.5. The minimum atomic E-state index is -0.653. The number of rotatable bonds is 53. The maximum Gasteiger partial charge on any atom is 0.431 e. The Morgan fingerprint density at radius 3 is 0.949 bits per heavy atom. The van der Waals surface area contributed by atoms with E-state index in [2.05, 4.69) is 50.8 Å². The van der Waals surface area contributed by atoms with Gasteiger partial charge in [0.25, 0.3) is 0 Å². The standard InChI is InChI=1S/C17H34N8O6.C17H38N4O6.C12H23N3O6/c1-17(2,3)31-16(26)22-30-15-14-29-13-8-25(6-11-27-9-4-20-23-18)7-12-28-10-5-21-24-19;1-17(2,3)27-16(22)20-26-15-14-25-13-8-21(6-11-23-9-4-18)7-12-24-10-5-19;13-15-14-1-3-17-5-7-19-9-11-21-12-10-20-8-6-18-4-2-16/h4-15H2,1-3H3,(H,22,26);4-15,18-19H2,1-3H3,(H,20,22);2H,1,3-12H2. The van der Waals surface area contributed by atoms with Crippen LogP contribution in [-0.4, -0.2) is 270 Å². The highest BCUT2D eigenvalue weighted by molar-refractivity contribution is 5.66. The molecule has 0 atom stereocenters. The van der Waals surface area contributed by atoms with Crippen LogP contribution in [-0.2, 0) is 76.0 Å². The predicted octanol–water partition coefficient (Wildman–Crippen LogP) is 2.71. The number of carbonyl (C=O) groups is 3. The summed E-state index contributed by atoms with van der Waals surface area (Å²) in [5.74, 6) is 0. The fourth-order valence-electron chi connectivity index (χ4n) is 5.09. The van der Waals surface area contributed by atoms with Gasteiger partial charge in [0.1, 0.15) is 24.1 Å². The van der Waals surface area contributed by atoms with Crippen molar-refractivity contribution >= 4 is 18.5 Å². The number of azide groups is 3. The number of ether oxygens (including phenoxy) is 13. The molecule has 33 nitrogen and oxygen atoms in total. The fraction of sp³-hybridized carbons (Fsp3) is 0.935. The van der Waals surface area contributed by atoms with Crippen LogP contribution in [0.2, 0.25) is 0 Å². The lowest BCUT2D eigenvalue weighted by atomic mass is 10.2. The van der Waals surface area contributed by atoms with Crippen molar-refractivity contribution in [1.82, 2.24) is 20.8 Å². The minimum absolute atomic E-state index is 0.104. The lowest BCUT2D eigenvalue weighted by Crippen LogP contribution is -2.35. The van der Waals surface area contributed by atoms with Crippen LogP contribution in [0.1, 0.15) is 41.5 Å². The summed E-state index contributed by atoms with van der Waals surface area (Å²) in [6.07, 6.45) is -0.572. The zero-order valence-electron chi connectivity index (χ0n) is 47.7. The van der Waals surface area contributed by atoms with E-state index >= 15 is 0 Å². The Morgan fingerprint density at radius 1 is 0.418 bits per heavy atom. The molecule has 0 unspecified atom stereocenters. The summed E-state index contributed by atoms with van der Waals surface area (Å²) in [5.41, 5.74) is 38.6. The van der Waals surface area contributed by atoms with Crippen molar-refractivity contribution in [2.75, 3.05) is 231 Å². The van der Waals surface area contributed by atoms with E-state index in [9.17, 15) is 14.4 Å². The first kappa shape index (κ1) is 78.7. The smallest absolute Gasteiger partial charge is 0.431 e. The van der Waals surface area contributed by atoms with Gasteiger partial charge in [0.15, 0.2) is 0 Å². The zero-order valence-corrected chi connectivity index (χ0v) is 47.7. The average Bonchev–Trinajstić information content (AvgIpc) is 3.40. The zero-order chi connectivity index (χ0) is 59.0. The van der Waals surface area contributed by atoms with Gasteiger partial charge in [-0.3, -0.25) is 19.5 Å². The summed E-state index contributed by atoms with van der Waals surface area (Å²) in [7, 11) is 0. The Bertz CT molecular complexity index is 1490. The second kappa shape index (κ2) is 62.7. The summed E-state index contributed by atoms with van der Waals surface area (Å²) in [6, 6.07) is 0. The van der Waals surface area contributed by atoms with Gasteiger partial charge in [0.05, 0.1) is 152 Å². The largest absolute Gasteiger partial charge is 0.442 e. The van der Waals surface area contributed by atoms with Crippen LogP contribution in [0.25, 0.3) is 31.3 Å². The molecule has 0 fully saturated rings. The van der Waals surface area contributed by atoms with Crippen molar-refractivity contribution in [2.24, 2.45) is 26.8 Å². The van der Waals surface area contributed by atoms with Crippen LogP contribution in [0.3, 0.4) is 0 Å². The van der Waals surface area contributed by atoms with Crippen molar-refractivity contribution in [1.29, 1.82) is 0 Å². The quantitative estimate of drug-likeness (QED) is 0.0170. The highest BCUT2D eigenvalue weighted by Gasteiger charge is 2.17. The van der Waals surface area contributed by atoms with E-state index < -0.39 is 23.4 Å². The summed E-state index contributed by atoms with van der Waals surface area (Å²) in [5, 5.41) is 10.2. The molecule has 79 heavy (non-hydrogen) atoms. The molecule has 0 rings (SSSR count). The number of hydrogen-bond donors (Lipinski definition) is 4. The van der Waals surface area contributed by atoms with Gasteiger partial charge in [-0.2, -0.15) is 11.0 Å². The maximum atomic E-state index is 11.4. The highest BCUT2D eigenvalue weighted by Crippen LogP contribution is 2.07. The van der Waals surface area contributed by atoms with Gasteiger partial charge in [-0.05, 0) is 58.1 Å². The Labute approximate surface area is 465 Å². The molecule has 6 N–H and O–H groups in total. The molecule has 0 aliphatic carbocycles. The van der Waals surface area contributed by atoms with Crippen LogP contribution in [0.5, 0.6) is 0 Å². The van der Waals surface area contributed by atoms with Gasteiger partial charge < -0.3 is 77.8 Å². The Balaban J connectivity index is -0.00000112. The number of hydrogen-bond acceptors (Lipinski definition) is 25. The molecule has 0 radical (unpaired) electrons. The van der Waals surface area contributed by atoms with Crippen molar-refractivity contribution in [3.8, 4) is 0 Å². The third-order valence-electron chi connectivity index (χ3n) is 8.47. The molecule has 0 saturated heterocycles. The average molecular weight is 1150 g/mol. The summed E-state index contributed by atoms with van der Waals surface area (Å²) >= 11 is 0. The maximum absolute atomic E-state index is 11.4. The van der Waals surface area contributed by atoms with Crippen LogP contribution in [0.15, 0.2) is 15.3 Å². The van der Waals surface area contributed by atoms with E-state index in [1.54, 1.807) is 41.5 Å². The van der Waals surface area contributed by atoms with E-state index in [0.717, 1.165) is 19.6 Å². The van der Waals surface area contributed by atoms with Crippen molar-refractivity contribution in [3.05, 3.63) is 31.3 Å². The summed E-state index contributed by atoms with van der Waals surface area (Å²) in [6.45, 7) is 27.1. The summed E-state index contributed by atoms with van der Waals surface area (Å²) < 4.78 is 68.6. The molecular weight excluding hydrogens is 1050 g/mol. The number of nitrogens with zero attached hydrogens (tertiary/aromatic N) is 11. The first-order valence-corrected chi connectivity index (χ1v) is 26.1. The molecule has 33 heteroatoms. The molecule has 0 aromatic rings. The van der Waals surface area contributed by atoms with E-state index in [0.29, 0.717) is 197 Å². The van der Waals surface area contributed by atoms with Crippen LogP contribution in [0.4, 0.5) is 9.59 Å². The van der Waals surface area contributed by atoms with E-state index in [-0.39, 0.29) is 19.8 Å². The number of carbonyl (C=O) groups excluding carboxylic acids is 3. The lowest BCUT2D eigenvalue weighted by Gasteiger charge is -2.22. The highest BCUT2D eigenvalue weighted by atomic mass is 16.7. The molecule has 0 spiro atoms. The molecule has 0 heterocycles. The van der Waals surface area contributed by atoms with Gasteiger partial charge in [0, 0.05) is 86.7 Å². The number of nitrogens with one attached hydrogen (secondary N) is 2. The molecule has 0 saturated carbocycles. The molecule has 0 bridgehead atoms. The van der Waals surface area contributed by atoms with Gasteiger partial charge >= 0.3 is 12.2 Å². The van der Waals surface area contributed by atoms with Gasteiger partial charge in [-0.25, -0.2) is 9.59 Å². The fourth-order valence-corrected chi connectivity index (χ4v) is 5.09. The molecule has 2 amide bonds. The summed E-state index contributed by atoms with van der Waals surface area (Å²) in [4.78, 5) is 55.0. The molecule has 0 aromatic carbocycles. The number of amides is 2. The van der Waals surface area contributed by atoms with Gasteiger partial charge in [-0.15, -0.1) is 0 Å². The van der Waals surface area contributed by atoms with E-state index in [1.807, 2.05) is 0 Å². The molecule has 0 aromatic heterocycles. The normalized spacial score (nSPS) is 11.1. The van der Waals surface area contributed by atoms with Crippen molar-refractivity contribution in [3.63, 3.8) is 0 Å². The molecule has 462 valence electrons. The Morgan fingerprint density at radius 2 is 0.671 bits per heavy atom. The topological polar surface area (TPSA) is 419 Å². The third-order valence-corrected chi connectivity index (χ3v) is 8.47. The predicted molar refractivity (Wildman–Crippen MR) is 289 cm³/mol. The SMILES string of the molecule is CC(C)(C)OC(=O)NOCCOCCN(CCOCCN)CCOCCN.CC(C)(C)OC(=O)NOCCOCCN(CCOCCN=[N+]=[N-])CCOCCN=[N+]=[N-].[N-]=[N+]=NCCOCCOCCOCCOCCOCC=O. The molecule has 0 aliphatic heterocycles. The van der Waals surface area contributed by atoms with Gasteiger partial charge in [0.2, 0.25) is 0 Å². The minimum Gasteiger partial charge on any atom is -0.442 e. The van der Waals surface area contributed by atoms with Gasteiger partial charge in [-0.1, -0.05) is 15.3 Å². The van der Waals surface area contributed by atoms with E-state index in [4.69, 9.17) is 99.3 Å². The second-order valence-electron chi connectivity index (χ2n) is 17.4. The van der Waals surface area contributed by atoms with Crippen LogP contribution in [0, 0.1) is 0 Å². The Hall–Kier alpha value is -4.54. The lowest BCUT2D eigenvalue weighted by molar-refractivity contribution is -0.112. The van der Waals surface area contributed by atoms with E-state index in [1.165, 1.54) is 0 Å².